The third kappa shape index (κ3) is 3.19. The van der Waals surface area contributed by atoms with Crippen LogP contribution < -0.4 is 0 Å². The zero-order valence-corrected chi connectivity index (χ0v) is 17.1. The van der Waals surface area contributed by atoms with Crippen molar-refractivity contribution in [2.24, 2.45) is 0 Å². The molecule has 2 aliphatic heterocycles. The normalized spacial score (nSPS) is 17.7. The van der Waals surface area contributed by atoms with Gasteiger partial charge in [0.05, 0.1) is 12.3 Å². The first kappa shape index (κ1) is 18.9. The van der Waals surface area contributed by atoms with Crippen molar-refractivity contribution in [1.82, 2.24) is 24.6 Å². The number of rotatable bonds is 3. The summed E-state index contributed by atoms with van der Waals surface area (Å²) >= 11 is 0. The summed E-state index contributed by atoms with van der Waals surface area (Å²) in [6.07, 6.45) is 5.93. The Labute approximate surface area is 175 Å². The van der Waals surface area contributed by atoms with Gasteiger partial charge in [0.15, 0.2) is 5.82 Å². The van der Waals surface area contributed by atoms with E-state index in [1.54, 1.807) is 16.9 Å². The molecule has 0 bridgehead atoms. The number of carbonyl (C=O) groups excluding carboxylic acids is 1. The Morgan fingerprint density at radius 3 is 2.73 bits per heavy atom. The lowest BCUT2D eigenvalue weighted by atomic mass is 9.83. The van der Waals surface area contributed by atoms with Crippen LogP contribution in [0.1, 0.15) is 41.5 Å². The molecule has 7 nitrogen and oxygen atoms in total. The van der Waals surface area contributed by atoms with E-state index in [4.69, 9.17) is 9.72 Å². The molecule has 1 spiro atoms. The summed E-state index contributed by atoms with van der Waals surface area (Å²) in [7, 11) is 0. The van der Waals surface area contributed by atoms with Gasteiger partial charge in [0.1, 0.15) is 11.3 Å². The van der Waals surface area contributed by atoms with Gasteiger partial charge in [-0.1, -0.05) is 30.3 Å². The maximum absolute atomic E-state index is 13.0. The molecule has 1 saturated heterocycles. The molecule has 1 aromatic carbocycles. The summed E-state index contributed by atoms with van der Waals surface area (Å²) in [5.41, 5.74) is 3.36. The van der Waals surface area contributed by atoms with Crippen LogP contribution in [0.2, 0.25) is 0 Å². The van der Waals surface area contributed by atoms with Crippen molar-refractivity contribution >= 4 is 5.91 Å². The first-order valence-electron chi connectivity index (χ1n) is 10.6. The predicted molar refractivity (Wildman–Crippen MR) is 112 cm³/mol. The van der Waals surface area contributed by atoms with E-state index in [0.717, 1.165) is 41.9 Å². The second-order valence-corrected chi connectivity index (χ2v) is 7.85. The van der Waals surface area contributed by atoms with Crippen LogP contribution in [0.4, 0.5) is 0 Å². The highest BCUT2D eigenvalue weighted by molar-refractivity contribution is 5.92. The van der Waals surface area contributed by atoms with E-state index in [0.29, 0.717) is 31.9 Å². The molecule has 0 saturated carbocycles. The van der Waals surface area contributed by atoms with Crippen molar-refractivity contribution in [3.05, 3.63) is 65.7 Å². The van der Waals surface area contributed by atoms with E-state index in [-0.39, 0.29) is 5.91 Å². The number of carbonyl (C=O) groups is 1. The van der Waals surface area contributed by atoms with Crippen LogP contribution in [0.3, 0.4) is 0 Å². The fraction of sp³-hybridized carbons (Fsp3) is 0.391. The zero-order valence-electron chi connectivity index (χ0n) is 17.1. The molecule has 0 aliphatic carbocycles. The standard InChI is InChI=1S/C23H25N5O2/c1-2-28-19(8-12-25-28)22(29)27-13-10-23(11-14-27)20-18(9-15-30-23)16-24-21(26-20)17-6-4-3-5-7-17/h3-8,12,16H,2,9-11,13-15H2,1H3. The lowest BCUT2D eigenvalue weighted by molar-refractivity contribution is -0.0967. The second-order valence-electron chi connectivity index (χ2n) is 7.85. The summed E-state index contributed by atoms with van der Waals surface area (Å²) in [6.45, 7) is 4.61. The number of aryl methyl sites for hydroxylation is 1. The molecule has 4 heterocycles. The van der Waals surface area contributed by atoms with Crippen LogP contribution in [-0.2, 0) is 23.3 Å². The van der Waals surface area contributed by atoms with E-state index in [1.807, 2.05) is 48.4 Å². The summed E-state index contributed by atoms with van der Waals surface area (Å²) < 4.78 is 8.09. The second kappa shape index (κ2) is 7.65. The zero-order chi connectivity index (χ0) is 20.6. The molecular weight excluding hydrogens is 378 g/mol. The third-order valence-corrected chi connectivity index (χ3v) is 6.17. The molecule has 3 aromatic rings. The van der Waals surface area contributed by atoms with E-state index in [9.17, 15) is 4.79 Å². The minimum atomic E-state index is -0.443. The maximum Gasteiger partial charge on any atom is 0.272 e. The molecule has 0 atom stereocenters. The molecule has 1 fully saturated rings. The number of aromatic nitrogens is 4. The number of piperidine rings is 1. The third-order valence-electron chi connectivity index (χ3n) is 6.17. The van der Waals surface area contributed by atoms with Gasteiger partial charge in [0.25, 0.3) is 5.91 Å². The number of benzene rings is 1. The summed E-state index contributed by atoms with van der Waals surface area (Å²) in [5.74, 6) is 0.762. The fourth-order valence-corrected chi connectivity index (χ4v) is 4.52. The highest BCUT2D eigenvalue weighted by Gasteiger charge is 2.43. The average Bonchev–Trinajstić information content (AvgIpc) is 3.29. The van der Waals surface area contributed by atoms with Crippen LogP contribution in [0.5, 0.6) is 0 Å². The smallest absolute Gasteiger partial charge is 0.272 e. The molecule has 154 valence electrons. The minimum Gasteiger partial charge on any atom is -0.368 e. The Morgan fingerprint density at radius 2 is 1.97 bits per heavy atom. The Bertz CT molecular complexity index is 1050. The number of likely N-dealkylation sites (tertiary alicyclic amines) is 1. The van der Waals surface area contributed by atoms with Crippen LogP contribution in [0.15, 0.2) is 48.8 Å². The monoisotopic (exact) mass is 403 g/mol. The van der Waals surface area contributed by atoms with Gasteiger partial charge in [-0.3, -0.25) is 9.48 Å². The van der Waals surface area contributed by atoms with Gasteiger partial charge in [0.2, 0.25) is 0 Å². The molecule has 5 rings (SSSR count). The van der Waals surface area contributed by atoms with E-state index in [1.165, 1.54) is 0 Å². The molecule has 7 heteroatoms. The van der Waals surface area contributed by atoms with Gasteiger partial charge in [-0.05, 0) is 37.8 Å². The Kier molecular flexibility index (Phi) is 4.83. The van der Waals surface area contributed by atoms with Crippen LogP contribution >= 0.6 is 0 Å². The van der Waals surface area contributed by atoms with Crippen molar-refractivity contribution in [2.45, 2.75) is 38.3 Å². The molecule has 0 unspecified atom stereocenters. The van der Waals surface area contributed by atoms with Crippen molar-refractivity contribution in [1.29, 1.82) is 0 Å². The van der Waals surface area contributed by atoms with Crippen LogP contribution in [0, 0.1) is 0 Å². The Morgan fingerprint density at radius 1 is 1.17 bits per heavy atom. The molecular formula is C23H25N5O2. The van der Waals surface area contributed by atoms with Crippen molar-refractivity contribution in [3.8, 4) is 11.4 Å². The number of ether oxygens (including phenoxy) is 1. The topological polar surface area (TPSA) is 73.1 Å². The van der Waals surface area contributed by atoms with Crippen LogP contribution in [-0.4, -0.2) is 50.3 Å². The summed E-state index contributed by atoms with van der Waals surface area (Å²) in [4.78, 5) is 24.5. The van der Waals surface area contributed by atoms with Crippen molar-refractivity contribution in [2.75, 3.05) is 19.7 Å². The SMILES string of the molecule is CCn1nccc1C(=O)N1CCC2(CC1)OCCc1cnc(-c3ccccc3)nc12. The fourth-order valence-electron chi connectivity index (χ4n) is 4.52. The van der Waals surface area contributed by atoms with Crippen molar-refractivity contribution < 1.29 is 9.53 Å². The highest BCUT2D eigenvalue weighted by atomic mass is 16.5. The van der Waals surface area contributed by atoms with Crippen LogP contribution in [0.25, 0.3) is 11.4 Å². The van der Waals surface area contributed by atoms with Gasteiger partial charge < -0.3 is 9.64 Å². The van der Waals surface area contributed by atoms with Gasteiger partial charge in [-0.2, -0.15) is 5.10 Å². The van der Waals surface area contributed by atoms with E-state index in [2.05, 4.69) is 10.1 Å². The van der Waals surface area contributed by atoms with Gasteiger partial charge in [-0.15, -0.1) is 0 Å². The average molecular weight is 403 g/mol. The first-order chi connectivity index (χ1) is 14.7. The molecule has 2 aromatic heterocycles. The van der Waals surface area contributed by atoms with Gasteiger partial charge in [0, 0.05) is 37.6 Å². The predicted octanol–water partition coefficient (Wildman–Crippen LogP) is 3.06. The number of nitrogens with zero attached hydrogens (tertiary/aromatic N) is 5. The van der Waals surface area contributed by atoms with E-state index < -0.39 is 5.60 Å². The van der Waals surface area contributed by atoms with Gasteiger partial charge in [-0.25, -0.2) is 9.97 Å². The lowest BCUT2D eigenvalue weighted by Crippen LogP contribution is -2.49. The van der Waals surface area contributed by atoms with Crippen molar-refractivity contribution in [3.63, 3.8) is 0 Å². The highest BCUT2D eigenvalue weighted by Crippen LogP contribution is 2.41. The Hall–Kier alpha value is -3.06. The lowest BCUT2D eigenvalue weighted by Gasteiger charge is -2.44. The quantitative estimate of drug-likeness (QED) is 0.672. The largest absolute Gasteiger partial charge is 0.368 e. The number of fused-ring (bicyclic) bond motifs is 2. The number of hydrogen-bond acceptors (Lipinski definition) is 5. The molecule has 30 heavy (non-hydrogen) atoms. The molecule has 2 aliphatic rings. The van der Waals surface area contributed by atoms with Gasteiger partial charge >= 0.3 is 0 Å². The molecule has 1 amide bonds. The summed E-state index contributed by atoms with van der Waals surface area (Å²) in [6, 6.07) is 11.8. The summed E-state index contributed by atoms with van der Waals surface area (Å²) in [5, 5.41) is 4.23. The minimum absolute atomic E-state index is 0.0351. The number of amides is 1. The maximum atomic E-state index is 13.0. The van der Waals surface area contributed by atoms with E-state index >= 15 is 0 Å². The number of hydrogen-bond donors (Lipinski definition) is 0. The Balaban J connectivity index is 1.40. The molecule has 0 N–H and O–H groups in total. The first-order valence-corrected chi connectivity index (χ1v) is 10.6. The molecule has 0 radical (unpaired) electrons.